The van der Waals surface area contributed by atoms with E-state index < -0.39 is 11.7 Å². The van der Waals surface area contributed by atoms with Gasteiger partial charge in [-0.25, -0.2) is 0 Å². The van der Waals surface area contributed by atoms with Gasteiger partial charge in [-0.2, -0.15) is 0 Å². The summed E-state index contributed by atoms with van der Waals surface area (Å²) in [6.45, 7) is 3.39. The second kappa shape index (κ2) is 20.2. The topological polar surface area (TPSA) is 38.7 Å². The Bertz CT molecular complexity index is 952. The molecule has 0 saturated heterocycles. The molecule has 3 aromatic carbocycles. The Labute approximate surface area is 249 Å². The normalized spacial score (nSPS) is 12.6. The van der Waals surface area contributed by atoms with Gasteiger partial charge in [0, 0.05) is 6.61 Å². The van der Waals surface area contributed by atoms with E-state index in [1.54, 1.807) is 0 Å². The van der Waals surface area contributed by atoms with Crippen LogP contribution in [-0.2, 0) is 15.1 Å². The van der Waals surface area contributed by atoms with Crippen molar-refractivity contribution < 1.29 is 14.6 Å². The predicted molar refractivity (Wildman–Crippen MR) is 172 cm³/mol. The van der Waals surface area contributed by atoms with Gasteiger partial charge in [0.2, 0.25) is 0 Å². The summed E-state index contributed by atoms with van der Waals surface area (Å²) in [6.07, 6.45) is 19.3. The summed E-state index contributed by atoms with van der Waals surface area (Å²) < 4.78 is 12.5. The average molecular weight is 557 g/mol. The number of hydrogen-bond acceptors (Lipinski definition) is 3. The van der Waals surface area contributed by atoms with Crippen LogP contribution in [0.15, 0.2) is 103 Å². The van der Waals surface area contributed by atoms with Crippen molar-refractivity contribution in [2.75, 3.05) is 19.8 Å². The average Bonchev–Trinajstić information content (AvgIpc) is 3.03. The van der Waals surface area contributed by atoms with Crippen LogP contribution in [0.2, 0.25) is 0 Å². The van der Waals surface area contributed by atoms with Crippen LogP contribution in [-0.4, -0.2) is 31.0 Å². The van der Waals surface area contributed by atoms with E-state index in [0.717, 1.165) is 23.1 Å². The molecule has 0 spiro atoms. The highest BCUT2D eigenvalue weighted by molar-refractivity contribution is 5.47. The molecule has 222 valence electrons. The van der Waals surface area contributed by atoms with Gasteiger partial charge in [-0.3, -0.25) is 0 Å². The minimum atomic E-state index is -0.824. The minimum absolute atomic E-state index is 0.172. The Morgan fingerprint density at radius 3 is 1.51 bits per heavy atom. The standard InChI is InChI=1S/C38H52O3/c1-2-3-4-5-6-7-8-9-10-11-12-13-14-24-31-40-32-37(39)33-41-38(34-25-18-15-19-26-34,35-27-20-16-21-28-35)36-29-22-17-23-30-36/h7-8,15-23,25-30,37,39H,2-6,9-14,24,31-33H2,1H3/b8-7-/t37-/m1/s1. The van der Waals surface area contributed by atoms with Crippen LogP contribution >= 0.6 is 0 Å². The van der Waals surface area contributed by atoms with Gasteiger partial charge in [-0.1, -0.05) is 155 Å². The monoisotopic (exact) mass is 556 g/mol. The zero-order valence-corrected chi connectivity index (χ0v) is 25.3. The molecule has 1 atom stereocenters. The molecular weight excluding hydrogens is 504 g/mol. The third kappa shape index (κ3) is 11.6. The smallest absolute Gasteiger partial charge is 0.143 e. The first kappa shape index (κ1) is 32.8. The first-order chi connectivity index (χ1) is 20.3. The second-order valence-electron chi connectivity index (χ2n) is 11.0. The fraction of sp³-hybridized carbons (Fsp3) is 0.474. The van der Waals surface area contributed by atoms with Crippen LogP contribution in [0.1, 0.15) is 101 Å². The Kier molecular flexibility index (Phi) is 16.2. The number of aliphatic hydroxyl groups is 1. The van der Waals surface area contributed by atoms with Crippen molar-refractivity contribution >= 4 is 0 Å². The zero-order valence-electron chi connectivity index (χ0n) is 25.3. The highest BCUT2D eigenvalue weighted by Gasteiger charge is 2.38. The third-order valence-electron chi connectivity index (χ3n) is 7.64. The van der Waals surface area contributed by atoms with Crippen LogP contribution in [0.25, 0.3) is 0 Å². The number of ether oxygens (including phenoxy) is 2. The molecular formula is C38H52O3. The maximum Gasteiger partial charge on any atom is 0.143 e. The van der Waals surface area contributed by atoms with Crippen LogP contribution in [0.3, 0.4) is 0 Å². The molecule has 1 N–H and O–H groups in total. The van der Waals surface area contributed by atoms with E-state index >= 15 is 0 Å². The highest BCUT2D eigenvalue weighted by Crippen LogP contribution is 2.40. The van der Waals surface area contributed by atoms with Gasteiger partial charge in [-0.15, -0.1) is 0 Å². The van der Waals surface area contributed by atoms with Gasteiger partial charge in [0.1, 0.15) is 11.7 Å². The molecule has 3 aromatic rings. The van der Waals surface area contributed by atoms with Gasteiger partial charge in [0.25, 0.3) is 0 Å². The quantitative estimate of drug-likeness (QED) is 0.0760. The molecule has 0 amide bonds. The summed E-state index contributed by atoms with van der Waals surface area (Å²) in [6, 6.07) is 30.8. The van der Waals surface area contributed by atoms with E-state index in [-0.39, 0.29) is 13.2 Å². The number of hydrogen-bond donors (Lipinski definition) is 1. The van der Waals surface area contributed by atoms with Gasteiger partial charge < -0.3 is 14.6 Å². The fourth-order valence-corrected chi connectivity index (χ4v) is 5.36. The lowest BCUT2D eigenvalue weighted by Crippen LogP contribution is -2.36. The van der Waals surface area contributed by atoms with E-state index in [0.29, 0.717) is 6.61 Å². The molecule has 0 aromatic heterocycles. The highest BCUT2D eigenvalue weighted by atomic mass is 16.5. The summed E-state index contributed by atoms with van der Waals surface area (Å²) in [5, 5.41) is 10.8. The minimum Gasteiger partial charge on any atom is -0.388 e. The lowest BCUT2D eigenvalue weighted by molar-refractivity contribution is -0.0641. The number of rotatable bonds is 22. The second-order valence-corrected chi connectivity index (χ2v) is 11.0. The van der Waals surface area contributed by atoms with Crippen LogP contribution in [0.5, 0.6) is 0 Å². The number of unbranched alkanes of at least 4 members (excludes halogenated alkanes) is 10. The molecule has 0 heterocycles. The Balaban J connectivity index is 1.38. The lowest BCUT2D eigenvalue weighted by Gasteiger charge is -2.36. The van der Waals surface area contributed by atoms with Gasteiger partial charge in [0.05, 0.1) is 13.2 Å². The Morgan fingerprint density at radius 1 is 0.585 bits per heavy atom. The van der Waals surface area contributed by atoms with Crippen molar-refractivity contribution in [1.29, 1.82) is 0 Å². The third-order valence-corrected chi connectivity index (χ3v) is 7.64. The molecule has 0 saturated carbocycles. The van der Waals surface area contributed by atoms with Crippen LogP contribution in [0.4, 0.5) is 0 Å². The fourth-order valence-electron chi connectivity index (χ4n) is 5.36. The van der Waals surface area contributed by atoms with Gasteiger partial charge in [0.15, 0.2) is 0 Å². The number of benzene rings is 3. The Morgan fingerprint density at radius 2 is 1.02 bits per heavy atom. The molecule has 0 aliphatic rings. The Hall–Kier alpha value is -2.72. The molecule has 0 fully saturated rings. The van der Waals surface area contributed by atoms with Gasteiger partial charge in [-0.05, 0) is 48.8 Å². The molecule has 0 aliphatic carbocycles. The first-order valence-electron chi connectivity index (χ1n) is 16.0. The molecule has 3 rings (SSSR count). The largest absolute Gasteiger partial charge is 0.388 e. The molecule has 3 heteroatoms. The van der Waals surface area contributed by atoms with Crippen molar-refractivity contribution in [1.82, 2.24) is 0 Å². The van der Waals surface area contributed by atoms with Crippen molar-refractivity contribution in [3.63, 3.8) is 0 Å². The van der Waals surface area contributed by atoms with Crippen molar-refractivity contribution in [2.45, 2.75) is 95.7 Å². The predicted octanol–water partition coefficient (Wildman–Crippen LogP) is 9.63. The van der Waals surface area contributed by atoms with E-state index in [1.165, 1.54) is 70.6 Å². The van der Waals surface area contributed by atoms with Crippen LogP contribution in [0, 0.1) is 0 Å². The van der Waals surface area contributed by atoms with Crippen LogP contribution < -0.4 is 0 Å². The maximum atomic E-state index is 10.8. The summed E-state index contributed by atoms with van der Waals surface area (Å²) in [7, 11) is 0. The summed E-state index contributed by atoms with van der Waals surface area (Å²) in [4.78, 5) is 0. The molecule has 0 aliphatic heterocycles. The number of allylic oxidation sites excluding steroid dienone is 2. The molecule has 0 radical (unpaired) electrons. The van der Waals surface area contributed by atoms with Crippen molar-refractivity contribution in [3.05, 3.63) is 120 Å². The van der Waals surface area contributed by atoms with E-state index in [2.05, 4.69) is 55.5 Å². The molecule has 3 nitrogen and oxygen atoms in total. The SMILES string of the molecule is CCCCCC/C=C\CCCCCCCCOC[C@@H](O)COC(c1ccccc1)(c1ccccc1)c1ccccc1. The summed E-state index contributed by atoms with van der Waals surface area (Å²) >= 11 is 0. The maximum absolute atomic E-state index is 10.8. The summed E-state index contributed by atoms with van der Waals surface area (Å²) in [5.41, 5.74) is 2.27. The first-order valence-corrected chi connectivity index (χ1v) is 16.0. The summed E-state index contributed by atoms with van der Waals surface area (Å²) in [5.74, 6) is 0. The number of aliphatic hydroxyl groups excluding tert-OH is 1. The van der Waals surface area contributed by atoms with Crippen molar-refractivity contribution in [3.8, 4) is 0 Å². The molecule has 0 unspecified atom stereocenters. The van der Waals surface area contributed by atoms with E-state index in [1.807, 2.05) is 54.6 Å². The van der Waals surface area contributed by atoms with Gasteiger partial charge >= 0.3 is 0 Å². The lowest BCUT2D eigenvalue weighted by atomic mass is 9.80. The molecule has 41 heavy (non-hydrogen) atoms. The van der Waals surface area contributed by atoms with E-state index in [9.17, 15) is 5.11 Å². The molecule has 0 bridgehead atoms. The van der Waals surface area contributed by atoms with Crippen molar-refractivity contribution in [2.24, 2.45) is 0 Å². The van der Waals surface area contributed by atoms with E-state index in [4.69, 9.17) is 9.47 Å². The zero-order chi connectivity index (χ0) is 28.9.